The van der Waals surface area contributed by atoms with Gasteiger partial charge in [0.25, 0.3) is 0 Å². The van der Waals surface area contributed by atoms with Crippen molar-refractivity contribution in [1.29, 1.82) is 0 Å². The van der Waals surface area contributed by atoms with E-state index in [0.717, 1.165) is 4.47 Å². The SMILES string of the molecule is CNS(=O)(=O)c1cc(/C=C/C(=O)Nc2ccc(Br)cc2)ccc1OC. The monoisotopic (exact) mass is 424 g/mol. The van der Waals surface area contributed by atoms with E-state index in [4.69, 9.17) is 4.74 Å². The number of carbonyl (C=O) groups excluding carboxylic acids is 1. The topological polar surface area (TPSA) is 84.5 Å². The number of nitrogens with one attached hydrogen (secondary N) is 2. The second-order valence-electron chi connectivity index (χ2n) is 4.95. The molecule has 132 valence electrons. The molecule has 0 aliphatic heterocycles. The molecule has 0 heterocycles. The van der Waals surface area contributed by atoms with Crippen molar-refractivity contribution in [2.45, 2.75) is 4.90 Å². The molecule has 0 saturated carbocycles. The van der Waals surface area contributed by atoms with Crippen molar-refractivity contribution in [3.63, 3.8) is 0 Å². The highest BCUT2D eigenvalue weighted by molar-refractivity contribution is 9.10. The molecule has 0 aliphatic carbocycles. The fourth-order valence-electron chi connectivity index (χ4n) is 2.01. The number of amides is 1. The highest BCUT2D eigenvalue weighted by atomic mass is 79.9. The minimum atomic E-state index is -3.67. The smallest absolute Gasteiger partial charge is 0.248 e. The van der Waals surface area contributed by atoms with Crippen LogP contribution in [0.1, 0.15) is 5.56 Å². The molecule has 2 aromatic rings. The molecule has 2 N–H and O–H groups in total. The van der Waals surface area contributed by atoms with Crippen LogP contribution in [-0.4, -0.2) is 28.5 Å². The van der Waals surface area contributed by atoms with Crippen LogP contribution in [0, 0.1) is 0 Å². The first-order valence-corrected chi connectivity index (χ1v) is 9.49. The Morgan fingerprint density at radius 2 is 1.84 bits per heavy atom. The van der Waals surface area contributed by atoms with Crippen molar-refractivity contribution in [2.75, 3.05) is 19.5 Å². The summed E-state index contributed by atoms with van der Waals surface area (Å²) in [6, 6.07) is 11.8. The molecule has 2 aromatic carbocycles. The normalized spacial score (nSPS) is 11.5. The van der Waals surface area contributed by atoms with E-state index in [-0.39, 0.29) is 16.6 Å². The molecule has 2 rings (SSSR count). The number of sulfonamides is 1. The van der Waals surface area contributed by atoms with E-state index in [1.807, 2.05) is 12.1 Å². The summed E-state index contributed by atoms with van der Waals surface area (Å²) in [6.07, 6.45) is 2.86. The predicted octanol–water partition coefficient (Wildman–Crippen LogP) is 3.02. The number of hydrogen-bond acceptors (Lipinski definition) is 4. The molecule has 6 nitrogen and oxygen atoms in total. The van der Waals surface area contributed by atoms with Crippen LogP contribution in [0.4, 0.5) is 5.69 Å². The molecular formula is C17H17BrN2O4S. The summed E-state index contributed by atoms with van der Waals surface area (Å²) < 4.78 is 32.3. The van der Waals surface area contributed by atoms with E-state index in [0.29, 0.717) is 11.3 Å². The Labute approximate surface area is 155 Å². The third-order valence-corrected chi connectivity index (χ3v) is 5.25. The van der Waals surface area contributed by atoms with Crippen LogP contribution < -0.4 is 14.8 Å². The van der Waals surface area contributed by atoms with Crippen molar-refractivity contribution in [3.05, 3.63) is 58.6 Å². The Hall–Kier alpha value is -2.16. The fourth-order valence-corrected chi connectivity index (χ4v) is 3.20. The number of halogens is 1. The van der Waals surface area contributed by atoms with Crippen molar-refractivity contribution in [3.8, 4) is 5.75 Å². The molecule has 0 spiro atoms. The Morgan fingerprint density at radius 3 is 2.44 bits per heavy atom. The van der Waals surface area contributed by atoms with E-state index < -0.39 is 10.0 Å². The van der Waals surface area contributed by atoms with Crippen molar-refractivity contribution in [2.24, 2.45) is 0 Å². The zero-order valence-corrected chi connectivity index (χ0v) is 16.0. The summed E-state index contributed by atoms with van der Waals surface area (Å²) in [5, 5.41) is 2.72. The van der Waals surface area contributed by atoms with Gasteiger partial charge in [-0.1, -0.05) is 22.0 Å². The summed E-state index contributed by atoms with van der Waals surface area (Å²) in [7, 11) is -0.952. The molecule has 0 radical (unpaired) electrons. The summed E-state index contributed by atoms with van der Waals surface area (Å²) in [4.78, 5) is 12.0. The van der Waals surface area contributed by atoms with E-state index >= 15 is 0 Å². The van der Waals surface area contributed by atoms with Gasteiger partial charge in [-0.05, 0) is 55.1 Å². The lowest BCUT2D eigenvalue weighted by molar-refractivity contribution is -0.111. The lowest BCUT2D eigenvalue weighted by Crippen LogP contribution is -2.19. The van der Waals surface area contributed by atoms with Gasteiger partial charge in [-0.15, -0.1) is 0 Å². The number of benzene rings is 2. The van der Waals surface area contributed by atoms with Gasteiger partial charge in [-0.25, -0.2) is 13.1 Å². The number of hydrogen-bond donors (Lipinski definition) is 2. The Morgan fingerprint density at radius 1 is 1.16 bits per heavy atom. The van der Waals surface area contributed by atoms with Crippen LogP contribution in [0.25, 0.3) is 6.08 Å². The Kier molecular flexibility index (Phi) is 6.35. The van der Waals surface area contributed by atoms with Crippen LogP contribution in [0.5, 0.6) is 5.75 Å². The van der Waals surface area contributed by atoms with Crippen molar-refractivity contribution in [1.82, 2.24) is 4.72 Å². The van der Waals surface area contributed by atoms with Gasteiger partial charge in [0.1, 0.15) is 10.6 Å². The van der Waals surface area contributed by atoms with Crippen molar-refractivity contribution >= 4 is 43.6 Å². The average molecular weight is 425 g/mol. The number of methoxy groups -OCH3 is 1. The number of rotatable bonds is 6. The third kappa shape index (κ3) is 5.15. The molecule has 0 aliphatic rings. The quantitative estimate of drug-likeness (QED) is 0.697. The van der Waals surface area contributed by atoms with Gasteiger partial charge in [0.2, 0.25) is 15.9 Å². The van der Waals surface area contributed by atoms with E-state index in [9.17, 15) is 13.2 Å². The second-order valence-corrected chi connectivity index (χ2v) is 7.72. The van der Waals surface area contributed by atoms with E-state index in [1.54, 1.807) is 18.2 Å². The highest BCUT2D eigenvalue weighted by Gasteiger charge is 2.17. The second kappa shape index (κ2) is 8.28. The van der Waals surface area contributed by atoms with E-state index in [2.05, 4.69) is 26.0 Å². The first kappa shape index (κ1) is 19.2. The van der Waals surface area contributed by atoms with Gasteiger partial charge in [0.05, 0.1) is 7.11 Å². The summed E-state index contributed by atoms with van der Waals surface area (Å²) in [5.41, 5.74) is 1.21. The third-order valence-electron chi connectivity index (χ3n) is 3.28. The maximum atomic E-state index is 12.0. The standard InChI is InChI=1S/C17H17BrN2O4S/c1-19-25(22,23)16-11-12(3-9-15(16)24-2)4-10-17(21)20-14-7-5-13(18)6-8-14/h3-11,19H,1-2H3,(H,20,21)/b10-4+. The molecular weight excluding hydrogens is 408 g/mol. The number of carbonyl (C=O) groups is 1. The molecule has 0 unspecified atom stereocenters. The molecule has 0 fully saturated rings. The zero-order valence-electron chi connectivity index (χ0n) is 13.6. The van der Waals surface area contributed by atoms with Crippen LogP contribution in [0.3, 0.4) is 0 Å². The van der Waals surface area contributed by atoms with Crippen LogP contribution in [0.2, 0.25) is 0 Å². The summed E-state index contributed by atoms with van der Waals surface area (Å²) in [6.45, 7) is 0. The maximum Gasteiger partial charge on any atom is 0.248 e. The highest BCUT2D eigenvalue weighted by Crippen LogP contribution is 2.25. The molecule has 0 saturated heterocycles. The average Bonchev–Trinajstić information content (AvgIpc) is 2.61. The van der Waals surface area contributed by atoms with Gasteiger partial charge < -0.3 is 10.1 Å². The van der Waals surface area contributed by atoms with Crippen LogP contribution in [0.15, 0.2) is 57.9 Å². The number of ether oxygens (including phenoxy) is 1. The van der Waals surface area contributed by atoms with Crippen LogP contribution >= 0.6 is 15.9 Å². The lowest BCUT2D eigenvalue weighted by atomic mass is 10.2. The first-order chi connectivity index (χ1) is 11.9. The van der Waals surface area contributed by atoms with Gasteiger partial charge in [0, 0.05) is 16.2 Å². The molecule has 1 amide bonds. The molecule has 0 aromatic heterocycles. The van der Waals surface area contributed by atoms with Crippen molar-refractivity contribution < 1.29 is 17.9 Å². The lowest BCUT2D eigenvalue weighted by Gasteiger charge is -2.09. The van der Waals surface area contributed by atoms with Gasteiger partial charge in [0.15, 0.2) is 0 Å². The molecule has 0 bridgehead atoms. The van der Waals surface area contributed by atoms with E-state index in [1.165, 1.54) is 38.4 Å². The Bertz CT molecular complexity index is 893. The minimum Gasteiger partial charge on any atom is -0.495 e. The zero-order chi connectivity index (χ0) is 18.4. The predicted molar refractivity (Wildman–Crippen MR) is 101 cm³/mol. The summed E-state index contributed by atoms with van der Waals surface area (Å²) >= 11 is 3.32. The van der Waals surface area contributed by atoms with Crippen LogP contribution in [-0.2, 0) is 14.8 Å². The molecule has 0 atom stereocenters. The Balaban J connectivity index is 2.19. The number of anilines is 1. The first-order valence-electron chi connectivity index (χ1n) is 7.22. The molecule has 25 heavy (non-hydrogen) atoms. The summed E-state index contributed by atoms with van der Waals surface area (Å²) in [5.74, 6) is -0.0954. The van der Waals surface area contributed by atoms with Gasteiger partial charge >= 0.3 is 0 Å². The van der Waals surface area contributed by atoms with Gasteiger partial charge in [-0.3, -0.25) is 4.79 Å². The largest absolute Gasteiger partial charge is 0.495 e. The van der Waals surface area contributed by atoms with Gasteiger partial charge in [-0.2, -0.15) is 0 Å². The molecule has 8 heteroatoms. The fraction of sp³-hybridized carbons (Fsp3) is 0.118. The maximum absolute atomic E-state index is 12.0. The minimum absolute atomic E-state index is 0.00738.